The fraction of sp³-hybridized carbons (Fsp3) is 0.538. The molecule has 0 bridgehead atoms. The number of rotatable bonds is 6. The molecule has 27 heavy (non-hydrogen) atoms. The zero-order valence-corrected chi connectivity index (χ0v) is 22.8. The number of fused-ring (bicyclic) bond motifs is 1. The van der Waals surface area contributed by atoms with Crippen LogP contribution in [-0.4, -0.2) is 0 Å². The van der Waals surface area contributed by atoms with Crippen LogP contribution in [0.1, 0.15) is 43.7 Å². The SMILES string of the molecule is CCCCC[C]1([Hf]([CH3])([CH3])([CH3])([CH3])([CH3])([CH3])([CH3])[CH]2C=CC=C2)C=Cc2ccccc21. The first kappa shape index (κ1) is 21.0. The molecule has 0 aliphatic heterocycles. The number of allylic oxidation sites excluding steroid dienone is 5. The first-order valence-corrected chi connectivity index (χ1v) is 40.3. The Hall–Kier alpha value is -0.690. The maximum absolute atomic E-state index is 5.52. The van der Waals surface area contributed by atoms with E-state index >= 15 is 0 Å². The van der Waals surface area contributed by atoms with E-state index in [9.17, 15) is 0 Å². The van der Waals surface area contributed by atoms with Crippen LogP contribution in [0, 0.1) is 0 Å². The molecule has 0 saturated heterocycles. The van der Waals surface area contributed by atoms with Gasteiger partial charge in [-0.2, -0.15) is 0 Å². The molecule has 2 aliphatic rings. The van der Waals surface area contributed by atoms with Gasteiger partial charge in [-0.25, -0.2) is 0 Å². The summed E-state index contributed by atoms with van der Waals surface area (Å²) in [7, 11) is 0. The summed E-state index contributed by atoms with van der Waals surface area (Å²) in [5.74, 6) is 0. The number of hydrogen-bond donors (Lipinski definition) is 0. The average molecular weight is 534 g/mol. The Kier molecular flexibility index (Phi) is 2.82. The molecule has 2 aliphatic carbocycles. The van der Waals surface area contributed by atoms with Crippen LogP contribution in [0.4, 0.5) is 0 Å². The Morgan fingerprint density at radius 1 is 0.852 bits per heavy atom. The van der Waals surface area contributed by atoms with Gasteiger partial charge < -0.3 is 0 Å². The van der Waals surface area contributed by atoms with E-state index in [4.69, 9.17) is 0 Å². The Bertz CT molecular complexity index is 936. The van der Waals surface area contributed by atoms with Crippen LogP contribution >= 0.6 is 0 Å². The van der Waals surface area contributed by atoms with Crippen LogP contribution in [0.2, 0.25) is 36.4 Å². The Morgan fingerprint density at radius 3 is 2.04 bits per heavy atom. The van der Waals surface area contributed by atoms with Crippen molar-refractivity contribution in [3.63, 3.8) is 0 Å². The minimum absolute atomic E-state index is 0.0109. The molecule has 0 nitrogen and oxygen atoms in total. The van der Waals surface area contributed by atoms with Gasteiger partial charge in [-0.15, -0.1) is 0 Å². The Labute approximate surface area is 156 Å². The third-order valence-electron chi connectivity index (χ3n) is 9.79. The molecule has 0 radical (unpaired) electrons. The monoisotopic (exact) mass is 535 g/mol. The van der Waals surface area contributed by atoms with Crippen molar-refractivity contribution in [2.45, 2.75) is 72.2 Å². The standard InChI is InChI=1S/C14H17.C5H5.7CH3.Hf/c1-2-3-4-7-12-10-11-13-8-5-6-9-14(12)13;1-2-4-5-3-1;;;;;;;;/h5-6,8-11H,2-4,7H2,1H3;1-5H;7*1H3;. The van der Waals surface area contributed by atoms with Gasteiger partial charge in [0.15, 0.2) is 0 Å². The molecule has 0 spiro atoms. The summed E-state index contributed by atoms with van der Waals surface area (Å²) in [5.41, 5.74) is 2.97. The second kappa shape index (κ2) is 3.62. The van der Waals surface area contributed by atoms with Gasteiger partial charge in [0.1, 0.15) is 0 Å². The third kappa shape index (κ3) is 2.42. The van der Waals surface area contributed by atoms with Crippen molar-refractivity contribution in [2.24, 2.45) is 0 Å². The molecule has 1 unspecified atom stereocenters. The fourth-order valence-electron chi connectivity index (χ4n) is 7.01. The van der Waals surface area contributed by atoms with E-state index in [0.717, 1.165) is 0 Å². The predicted octanol–water partition coefficient (Wildman–Crippen LogP) is 9.57. The summed E-state index contributed by atoms with van der Waals surface area (Å²) in [6.45, 7) is 2.31. The summed E-state index contributed by atoms with van der Waals surface area (Å²) < 4.78 is 19.5. The first-order valence-electron chi connectivity index (χ1n) is 11.3. The molecule has 1 aromatic carbocycles. The second-order valence-electron chi connectivity index (χ2n) is 20.1. The number of benzene rings is 1. The van der Waals surface area contributed by atoms with Gasteiger partial charge in [-0.05, 0) is 0 Å². The van der Waals surface area contributed by atoms with Crippen LogP contribution < -0.4 is 0 Å². The molecule has 1 heteroatoms. The van der Waals surface area contributed by atoms with Crippen molar-refractivity contribution in [2.75, 3.05) is 0 Å². The number of unbranched alkanes of at least 4 members (excludes halogenated alkanes) is 2. The summed E-state index contributed by atoms with van der Waals surface area (Å²) >= 11 is -5.52. The van der Waals surface area contributed by atoms with E-state index in [-0.39, 0.29) is 3.17 Å². The van der Waals surface area contributed by atoms with Gasteiger partial charge in [0.05, 0.1) is 0 Å². The van der Waals surface area contributed by atoms with Crippen molar-refractivity contribution in [1.82, 2.24) is 0 Å². The molecule has 3 rings (SSSR count). The van der Waals surface area contributed by atoms with Gasteiger partial charge in [0.25, 0.3) is 0 Å². The van der Waals surface area contributed by atoms with Crippen molar-refractivity contribution in [1.29, 1.82) is 0 Å². The Morgan fingerprint density at radius 2 is 1.44 bits per heavy atom. The van der Waals surface area contributed by atoms with Crippen molar-refractivity contribution < 1.29 is 12.6 Å². The molecule has 1 aromatic rings. The van der Waals surface area contributed by atoms with Gasteiger partial charge in [-0.1, -0.05) is 0 Å². The Balaban J connectivity index is 2.53. The predicted molar refractivity (Wildman–Crippen MR) is 124 cm³/mol. The summed E-state index contributed by atoms with van der Waals surface area (Å²) in [4.78, 5) is 0. The van der Waals surface area contributed by atoms with Gasteiger partial charge in [-0.3, -0.25) is 0 Å². The number of hydrogen-bond acceptors (Lipinski definition) is 0. The molecular weight excluding hydrogens is 491 g/mol. The topological polar surface area (TPSA) is 0 Å². The molecule has 0 aromatic heterocycles. The van der Waals surface area contributed by atoms with Crippen LogP contribution in [0.15, 0.2) is 54.6 Å². The van der Waals surface area contributed by atoms with Crippen LogP contribution in [0.25, 0.3) is 6.08 Å². The van der Waals surface area contributed by atoms with Crippen LogP contribution in [0.3, 0.4) is 0 Å². The molecule has 151 valence electrons. The molecule has 0 N–H and O–H groups in total. The summed E-state index contributed by atoms with van der Waals surface area (Å²) in [6.07, 6.45) is 19.6. The fourth-order valence-corrected chi connectivity index (χ4v) is 40.7. The van der Waals surface area contributed by atoms with Crippen LogP contribution in [0.5, 0.6) is 0 Å². The molecule has 0 heterocycles. The van der Waals surface area contributed by atoms with E-state index in [1.165, 1.54) is 31.2 Å². The van der Waals surface area contributed by atoms with E-state index in [0.29, 0.717) is 3.67 Å². The first-order chi connectivity index (χ1) is 11.8. The van der Waals surface area contributed by atoms with Gasteiger partial charge >= 0.3 is 157 Å². The molecule has 0 saturated carbocycles. The van der Waals surface area contributed by atoms with Gasteiger partial charge in [0.2, 0.25) is 0 Å². The molecule has 0 fully saturated rings. The zero-order chi connectivity index (χ0) is 20.5. The van der Waals surface area contributed by atoms with E-state index in [1.807, 2.05) is 0 Å². The molecular formula is C26H43Hf. The van der Waals surface area contributed by atoms with E-state index in [1.54, 1.807) is 5.56 Å². The molecule has 1 atom stereocenters. The van der Waals surface area contributed by atoms with E-state index in [2.05, 4.69) is 100 Å². The van der Waals surface area contributed by atoms with Crippen LogP contribution in [-0.2, 0) is 15.8 Å². The van der Waals surface area contributed by atoms with Crippen molar-refractivity contribution >= 4 is 6.08 Å². The summed E-state index contributed by atoms with van der Waals surface area (Å²) in [6, 6.07) is 9.17. The third-order valence-corrected chi connectivity index (χ3v) is 55.9. The zero-order valence-electron chi connectivity index (χ0n) is 19.2. The quantitative estimate of drug-likeness (QED) is 0.252. The average Bonchev–Trinajstić information content (AvgIpc) is 3.15. The maximum atomic E-state index is 2.73. The minimum atomic E-state index is -5.52. The van der Waals surface area contributed by atoms with Crippen molar-refractivity contribution in [3.05, 3.63) is 65.8 Å². The van der Waals surface area contributed by atoms with Gasteiger partial charge in [0, 0.05) is 0 Å². The van der Waals surface area contributed by atoms with E-state index < -0.39 is 12.6 Å². The van der Waals surface area contributed by atoms with Crippen molar-refractivity contribution in [3.8, 4) is 0 Å². The summed E-state index contributed by atoms with van der Waals surface area (Å²) in [5, 5.41) is 0. The molecule has 0 amide bonds. The second-order valence-corrected chi connectivity index (χ2v) is 129. The normalized spacial score (nSPS) is 29.9.